The van der Waals surface area contributed by atoms with Gasteiger partial charge in [-0.1, -0.05) is 6.92 Å². The van der Waals surface area contributed by atoms with Crippen molar-refractivity contribution in [3.8, 4) is 0 Å². The van der Waals surface area contributed by atoms with Crippen LogP contribution in [0.5, 0.6) is 0 Å². The molecular weight excluding hydrogens is 264 g/mol. The van der Waals surface area contributed by atoms with Gasteiger partial charge in [0.1, 0.15) is 0 Å². The summed E-state index contributed by atoms with van der Waals surface area (Å²) in [6.45, 7) is 5.04. The first-order valence-electron chi connectivity index (χ1n) is 7.03. The monoisotopic (exact) mass is 288 g/mol. The van der Waals surface area contributed by atoms with E-state index in [0.29, 0.717) is 19.7 Å². The molecule has 3 N–H and O–H groups in total. The normalized spacial score (nSPS) is 22.1. The number of urea groups is 1. The molecule has 0 spiro atoms. The summed E-state index contributed by atoms with van der Waals surface area (Å²) in [6, 6.07) is -1.76. The molecule has 0 aromatic rings. The van der Waals surface area contributed by atoms with Crippen LogP contribution in [0.1, 0.15) is 33.1 Å². The number of carbonyl (C=O) groups excluding carboxylic acids is 1. The lowest BCUT2D eigenvalue weighted by Crippen LogP contribution is -2.55. The standard InChI is InChI=1S/C13H24N2O5/c1-3-7-20-10-5-4-6-15(8-10)13(19)14-11(9(2)16)12(17)18/h9-11,16H,3-8H2,1-2H3,(H,14,19)(H,17,18). The number of rotatable bonds is 6. The molecule has 1 heterocycles. The molecule has 0 aliphatic carbocycles. The molecule has 0 aromatic carbocycles. The van der Waals surface area contributed by atoms with Crippen LogP contribution in [0, 0.1) is 0 Å². The Morgan fingerprint density at radius 1 is 1.50 bits per heavy atom. The Kier molecular flexibility index (Phi) is 6.74. The van der Waals surface area contributed by atoms with E-state index in [9.17, 15) is 14.7 Å². The first kappa shape index (κ1) is 16.7. The number of ether oxygens (including phenoxy) is 1. The van der Waals surface area contributed by atoms with Gasteiger partial charge in [-0.15, -0.1) is 0 Å². The fraction of sp³-hybridized carbons (Fsp3) is 0.846. The molecule has 7 nitrogen and oxygen atoms in total. The maximum atomic E-state index is 12.0. The Hall–Kier alpha value is -1.34. The molecule has 3 atom stereocenters. The number of piperidine rings is 1. The third-order valence-corrected chi connectivity index (χ3v) is 3.25. The molecule has 116 valence electrons. The van der Waals surface area contributed by atoms with Crippen molar-refractivity contribution in [2.45, 2.75) is 51.4 Å². The van der Waals surface area contributed by atoms with Gasteiger partial charge in [-0.25, -0.2) is 9.59 Å². The number of amides is 2. The maximum Gasteiger partial charge on any atom is 0.328 e. The highest BCUT2D eigenvalue weighted by molar-refractivity contribution is 5.83. The highest BCUT2D eigenvalue weighted by atomic mass is 16.5. The van der Waals surface area contributed by atoms with Crippen LogP contribution in [-0.4, -0.2) is 65.1 Å². The van der Waals surface area contributed by atoms with Crippen LogP contribution in [0.15, 0.2) is 0 Å². The van der Waals surface area contributed by atoms with Gasteiger partial charge < -0.3 is 25.2 Å². The second-order valence-electron chi connectivity index (χ2n) is 5.09. The minimum atomic E-state index is -1.29. The molecule has 7 heteroatoms. The summed E-state index contributed by atoms with van der Waals surface area (Å²) in [5, 5.41) is 20.6. The van der Waals surface area contributed by atoms with Crippen molar-refractivity contribution < 1.29 is 24.5 Å². The molecular formula is C13H24N2O5. The smallest absolute Gasteiger partial charge is 0.328 e. The minimum absolute atomic E-state index is 0.00396. The molecule has 1 aliphatic heterocycles. The quantitative estimate of drug-likeness (QED) is 0.658. The third-order valence-electron chi connectivity index (χ3n) is 3.25. The summed E-state index contributed by atoms with van der Waals surface area (Å²) in [5.74, 6) is -1.25. The van der Waals surface area contributed by atoms with Gasteiger partial charge in [0.25, 0.3) is 0 Å². The fourth-order valence-electron chi connectivity index (χ4n) is 2.16. The van der Waals surface area contributed by atoms with E-state index < -0.39 is 24.1 Å². The minimum Gasteiger partial charge on any atom is -0.480 e. The molecule has 1 fully saturated rings. The lowest BCUT2D eigenvalue weighted by atomic mass is 10.1. The zero-order chi connectivity index (χ0) is 15.1. The number of hydrogen-bond acceptors (Lipinski definition) is 4. The number of nitrogens with one attached hydrogen (secondary N) is 1. The Morgan fingerprint density at radius 3 is 2.75 bits per heavy atom. The van der Waals surface area contributed by atoms with Gasteiger partial charge in [0.2, 0.25) is 0 Å². The van der Waals surface area contributed by atoms with Gasteiger partial charge in [-0.3, -0.25) is 0 Å². The van der Waals surface area contributed by atoms with Crippen molar-refractivity contribution in [2.24, 2.45) is 0 Å². The Labute approximate surface area is 118 Å². The van der Waals surface area contributed by atoms with E-state index in [-0.39, 0.29) is 6.10 Å². The second kappa shape index (κ2) is 8.06. The van der Waals surface area contributed by atoms with Gasteiger partial charge in [0.05, 0.1) is 12.2 Å². The summed E-state index contributed by atoms with van der Waals surface area (Å²) >= 11 is 0. The van der Waals surface area contributed by atoms with Crippen molar-refractivity contribution in [3.05, 3.63) is 0 Å². The Bertz CT molecular complexity index is 335. The zero-order valence-corrected chi connectivity index (χ0v) is 12.0. The zero-order valence-electron chi connectivity index (χ0n) is 12.0. The average Bonchev–Trinajstić information content (AvgIpc) is 2.41. The number of aliphatic hydroxyl groups excluding tert-OH is 1. The summed E-state index contributed by atoms with van der Waals surface area (Å²) in [5.41, 5.74) is 0. The van der Waals surface area contributed by atoms with Crippen LogP contribution in [0.4, 0.5) is 4.79 Å². The average molecular weight is 288 g/mol. The van der Waals surface area contributed by atoms with Gasteiger partial charge in [0, 0.05) is 19.7 Å². The summed E-state index contributed by atoms with van der Waals surface area (Å²) < 4.78 is 5.63. The highest BCUT2D eigenvalue weighted by Crippen LogP contribution is 2.14. The SMILES string of the molecule is CCCOC1CCCN(C(=O)NC(C(=O)O)C(C)O)C1. The maximum absolute atomic E-state index is 12.0. The van der Waals surface area contributed by atoms with Gasteiger partial charge in [0.15, 0.2) is 6.04 Å². The van der Waals surface area contributed by atoms with Gasteiger partial charge >= 0.3 is 12.0 Å². The van der Waals surface area contributed by atoms with Crippen LogP contribution in [0.3, 0.4) is 0 Å². The van der Waals surface area contributed by atoms with E-state index in [4.69, 9.17) is 9.84 Å². The number of likely N-dealkylation sites (tertiary alicyclic amines) is 1. The molecule has 0 radical (unpaired) electrons. The Balaban J connectivity index is 2.51. The summed E-state index contributed by atoms with van der Waals surface area (Å²) in [7, 11) is 0. The second-order valence-corrected chi connectivity index (χ2v) is 5.09. The predicted molar refractivity (Wildman–Crippen MR) is 72.5 cm³/mol. The van der Waals surface area contributed by atoms with Crippen molar-refractivity contribution in [1.29, 1.82) is 0 Å². The molecule has 0 saturated carbocycles. The van der Waals surface area contributed by atoms with Crippen LogP contribution in [0.2, 0.25) is 0 Å². The third kappa shape index (κ3) is 4.97. The van der Waals surface area contributed by atoms with E-state index in [0.717, 1.165) is 19.3 Å². The van der Waals surface area contributed by atoms with E-state index in [1.54, 1.807) is 4.90 Å². The molecule has 0 aromatic heterocycles. The van der Waals surface area contributed by atoms with Crippen LogP contribution in [-0.2, 0) is 9.53 Å². The number of aliphatic hydroxyl groups is 1. The van der Waals surface area contributed by atoms with Gasteiger partial charge in [-0.05, 0) is 26.2 Å². The summed E-state index contributed by atoms with van der Waals surface area (Å²) in [4.78, 5) is 24.5. The van der Waals surface area contributed by atoms with Crippen molar-refractivity contribution in [3.63, 3.8) is 0 Å². The van der Waals surface area contributed by atoms with E-state index >= 15 is 0 Å². The number of carboxylic acid groups (broad SMARTS) is 1. The molecule has 1 aliphatic rings. The number of carboxylic acids is 1. The van der Waals surface area contributed by atoms with E-state index in [1.807, 2.05) is 6.92 Å². The van der Waals surface area contributed by atoms with Crippen molar-refractivity contribution >= 4 is 12.0 Å². The van der Waals surface area contributed by atoms with Crippen LogP contribution < -0.4 is 5.32 Å². The number of hydrogen-bond donors (Lipinski definition) is 3. The van der Waals surface area contributed by atoms with Crippen LogP contribution in [0.25, 0.3) is 0 Å². The van der Waals surface area contributed by atoms with Crippen LogP contribution >= 0.6 is 0 Å². The number of nitrogens with zero attached hydrogens (tertiary/aromatic N) is 1. The van der Waals surface area contributed by atoms with Crippen molar-refractivity contribution in [2.75, 3.05) is 19.7 Å². The van der Waals surface area contributed by atoms with Crippen molar-refractivity contribution in [1.82, 2.24) is 10.2 Å². The molecule has 2 amide bonds. The van der Waals surface area contributed by atoms with Gasteiger partial charge in [-0.2, -0.15) is 0 Å². The highest BCUT2D eigenvalue weighted by Gasteiger charge is 2.29. The topological polar surface area (TPSA) is 99.1 Å². The lowest BCUT2D eigenvalue weighted by molar-refractivity contribution is -0.141. The summed E-state index contributed by atoms with van der Waals surface area (Å²) in [6.07, 6.45) is 1.51. The largest absolute Gasteiger partial charge is 0.480 e. The number of aliphatic carboxylic acids is 1. The fourth-order valence-corrected chi connectivity index (χ4v) is 2.16. The molecule has 3 unspecified atom stereocenters. The molecule has 1 rings (SSSR count). The number of carbonyl (C=O) groups is 2. The Morgan fingerprint density at radius 2 is 2.20 bits per heavy atom. The van der Waals surface area contributed by atoms with E-state index in [2.05, 4.69) is 5.32 Å². The van der Waals surface area contributed by atoms with E-state index in [1.165, 1.54) is 6.92 Å². The molecule has 1 saturated heterocycles. The lowest BCUT2D eigenvalue weighted by Gasteiger charge is -2.33. The molecule has 20 heavy (non-hydrogen) atoms. The first-order valence-corrected chi connectivity index (χ1v) is 7.03. The predicted octanol–water partition coefficient (Wildman–Crippen LogP) is 0.421. The molecule has 0 bridgehead atoms. The first-order chi connectivity index (χ1) is 9.45.